The second-order valence-corrected chi connectivity index (χ2v) is 3.95. The van der Waals surface area contributed by atoms with E-state index in [-0.39, 0.29) is 0 Å². The molecule has 0 amide bonds. The summed E-state index contributed by atoms with van der Waals surface area (Å²) in [5.41, 5.74) is 7.70. The minimum atomic E-state index is 0.314. The van der Waals surface area contributed by atoms with E-state index in [2.05, 4.69) is 6.07 Å². The molecule has 0 radical (unpaired) electrons. The topological polar surface area (TPSA) is 43.1 Å². The minimum absolute atomic E-state index is 0.314. The van der Waals surface area contributed by atoms with Gasteiger partial charge in [0.15, 0.2) is 0 Å². The molecule has 1 aromatic rings. The summed E-state index contributed by atoms with van der Waals surface area (Å²) in [6.07, 6.45) is 3.08. The summed E-state index contributed by atoms with van der Waals surface area (Å²) in [6.45, 7) is 2.72. The first-order chi connectivity index (χ1) is 7.22. The van der Waals surface area contributed by atoms with Gasteiger partial charge in [-0.1, -0.05) is 29.8 Å². The van der Waals surface area contributed by atoms with Crippen molar-refractivity contribution in [2.24, 2.45) is 5.73 Å². The van der Waals surface area contributed by atoms with Crippen LogP contribution >= 0.6 is 0 Å². The van der Waals surface area contributed by atoms with Crippen LogP contribution in [0.4, 0.5) is 0 Å². The van der Waals surface area contributed by atoms with Gasteiger partial charge in [0.25, 0.3) is 0 Å². The number of nitrogens with two attached hydrogens (primary N) is 1. The molecule has 0 fully saturated rings. The highest BCUT2D eigenvalue weighted by Gasteiger charge is 2.03. The van der Waals surface area contributed by atoms with E-state index >= 15 is 0 Å². The Labute approximate surface area is 91.5 Å². The number of hydrogen-bond acceptors (Lipinski definition) is 2. The van der Waals surface area contributed by atoms with E-state index in [1.54, 1.807) is 0 Å². The number of hydrogen-bond donors (Lipinski definition) is 1. The molecule has 0 aromatic heterocycles. The largest absolute Gasteiger partial charge is 0.330 e. The lowest BCUT2D eigenvalue weighted by molar-refractivity contribution is -0.118. The highest BCUT2D eigenvalue weighted by atomic mass is 16.1. The van der Waals surface area contributed by atoms with Crippen molar-refractivity contribution in [1.29, 1.82) is 0 Å². The fourth-order valence-electron chi connectivity index (χ4n) is 1.60. The summed E-state index contributed by atoms with van der Waals surface area (Å²) in [5, 5.41) is 0. The summed E-state index contributed by atoms with van der Waals surface area (Å²) < 4.78 is 0. The Hall–Kier alpha value is -1.15. The van der Waals surface area contributed by atoms with Gasteiger partial charge in [-0.25, -0.2) is 0 Å². The fourth-order valence-corrected chi connectivity index (χ4v) is 1.60. The van der Waals surface area contributed by atoms with Crippen LogP contribution in [-0.2, 0) is 11.2 Å². The Bertz CT molecular complexity index is 320. The summed E-state index contributed by atoms with van der Waals surface area (Å²) in [6, 6.07) is 8.12. The first-order valence-electron chi connectivity index (χ1n) is 5.49. The predicted molar refractivity (Wildman–Crippen MR) is 62.8 cm³/mol. The molecule has 1 rings (SSSR count). The maximum Gasteiger partial charge on any atom is 0.137 e. The van der Waals surface area contributed by atoms with Crippen molar-refractivity contribution in [1.82, 2.24) is 0 Å². The first-order valence-corrected chi connectivity index (χ1v) is 5.49. The SMILES string of the molecule is Cc1cccc(CC(=O)CCCCN)c1. The first kappa shape index (κ1) is 11.9. The van der Waals surface area contributed by atoms with Crippen LogP contribution in [-0.4, -0.2) is 12.3 Å². The zero-order chi connectivity index (χ0) is 11.1. The number of aryl methyl sites for hydroxylation is 1. The molecule has 2 heteroatoms. The van der Waals surface area contributed by atoms with Gasteiger partial charge in [0, 0.05) is 12.8 Å². The number of rotatable bonds is 6. The molecule has 0 unspecified atom stereocenters. The average Bonchev–Trinajstić information content (AvgIpc) is 2.18. The van der Waals surface area contributed by atoms with Crippen LogP contribution < -0.4 is 5.73 Å². The second-order valence-electron chi connectivity index (χ2n) is 3.95. The Morgan fingerprint density at radius 3 is 2.80 bits per heavy atom. The molecule has 82 valence electrons. The van der Waals surface area contributed by atoms with Gasteiger partial charge < -0.3 is 5.73 Å². The molecule has 15 heavy (non-hydrogen) atoms. The molecule has 0 aliphatic rings. The molecule has 0 bridgehead atoms. The molecule has 0 saturated heterocycles. The Kier molecular flexibility index (Phi) is 5.05. The fraction of sp³-hybridized carbons (Fsp3) is 0.462. The van der Waals surface area contributed by atoms with E-state index in [1.807, 2.05) is 25.1 Å². The van der Waals surface area contributed by atoms with Crippen molar-refractivity contribution < 1.29 is 4.79 Å². The molecule has 0 heterocycles. The van der Waals surface area contributed by atoms with Gasteiger partial charge in [0.05, 0.1) is 0 Å². The minimum Gasteiger partial charge on any atom is -0.330 e. The number of Topliss-reactive ketones (excluding diaryl/α,β-unsaturated/α-hetero) is 1. The summed E-state index contributed by atoms with van der Waals surface area (Å²) in [7, 11) is 0. The Morgan fingerprint density at radius 2 is 2.13 bits per heavy atom. The van der Waals surface area contributed by atoms with Gasteiger partial charge in [-0.3, -0.25) is 4.79 Å². The second kappa shape index (κ2) is 6.36. The van der Waals surface area contributed by atoms with Gasteiger partial charge in [-0.05, 0) is 31.9 Å². The van der Waals surface area contributed by atoms with Crippen LogP contribution in [0.15, 0.2) is 24.3 Å². The maximum atomic E-state index is 11.6. The van der Waals surface area contributed by atoms with E-state index in [0.29, 0.717) is 25.2 Å². The van der Waals surface area contributed by atoms with Crippen molar-refractivity contribution in [3.63, 3.8) is 0 Å². The third-order valence-corrected chi connectivity index (χ3v) is 2.39. The molecule has 0 atom stereocenters. The lowest BCUT2D eigenvalue weighted by Crippen LogP contribution is -2.05. The molecule has 2 nitrogen and oxygen atoms in total. The van der Waals surface area contributed by atoms with Crippen LogP contribution in [0.5, 0.6) is 0 Å². The highest BCUT2D eigenvalue weighted by molar-refractivity contribution is 5.80. The highest BCUT2D eigenvalue weighted by Crippen LogP contribution is 2.07. The molecule has 0 saturated carbocycles. The van der Waals surface area contributed by atoms with Gasteiger partial charge in [-0.2, -0.15) is 0 Å². The Morgan fingerprint density at radius 1 is 1.33 bits per heavy atom. The smallest absolute Gasteiger partial charge is 0.137 e. The summed E-state index contributed by atoms with van der Waals surface area (Å²) >= 11 is 0. The lowest BCUT2D eigenvalue weighted by atomic mass is 10.0. The molecule has 0 aliphatic carbocycles. The quantitative estimate of drug-likeness (QED) is 0.724. The number of carbonyl (C=O) groups excluding carboxylic acids is 1. The van der Waals surface area contributed by atoms with Gasteiger partial charge >= 0.3 is 0 Å². The van der Waals surface area contributed by atoms with Crippen molar-refractivity contribution in [2.75, 3.05) is 6.54 Å². The van der Waals surface area contributed by atoms with Crippen molar-refractivity contribution in [2.45, 2.75) is 32.6 Å². The standard InChI is InChI=1S/C13H19NO/c1-11-5-4-6-12(9-11)10-13(15)7-2-3-8-14/h4-6,9H,2-3,7-8,10,14H2,1H3. The van der Waals surface area contributed by atoms with E-state index < -0.39 is 0 Å². The summed E-state index contributed by atoms with van der Waals surface area (Å²) in [5.74, 6) is 0.314. The number of carbonyl (C=O) groups is 1. The molecule has 0 spiro atoms. The van der Waals surface area contributed by atoms with E-state index in [9.17, 15) is 4.79 Å². The number of unbranched alkanes of at least 4 members (excludes halogenated alkanes) is 1. The van der Waals surface area contributed by atoms with E-state index in [1.165, 1.54) is 5.56 Å². The van der Waals surface area contributed by atoms with Gasteiger partial charge in [0.1, 0.15) is 5.78 Å². The normalized spacial score (nSPS) is 10.3. The Balaban J connectivity index is 2.37. The van der Waals surface area contributed by atoms with E-state index in [0.717, 1.165) is 18.4 Å². The van der Waals surface area contributed by atoms with Crippen molar-refractivity contribution >= 4 is 5.78 Å². The average molecular weight is 205 g/mol. The third kappa shape index (κ3) is 4.75. The molecule has 1 aromatic carbocycles. The number of benzene rings is 1. The monoisotopic (exact) mass is 205 g/mol. The molecule has 0 aliphatic heterocycles. The van der Waals surface area contributed by atoms with Crippen molar-refractivity contribution in [3.05, 3.63) is 35.4 Å². The third-order valence-electron chi connectivity index (χ3n) is 2.39. The maximum absolute atomic E-state index is 11.6. The number of ketones is 1. The van der Waals surface area contributed by atoms with Gasteiger partial charge in [-0.15, -0.1) is 0 Å². The lowest BCUT2D eigenvalue weighted by Gasteiger charge is -2.02. The molecule has 2 N–H and O–H groups in total. The zero-order valence-electron chi connectivity index (χ0n) is 9.33. The molecular weight excluding hydrogens is 186 g/mol. The molecular formula is C13H19NO. The van der Waals surface area contributed by atoms with Crippen LogP contribution in [0.3, 0.4) is 0 Å². The van der Waals surface area contributed by atoms with Crippen LogP contribution in [0.25, 0.3) is 0 Å². The summed E-state index contributed by atoms with van der Waals surface area (Å²) in [4.78, 5) is 11.6. The predicted octanol–water partition coefficient (Wildman–Crippen LogP) is 2.24. The van der Waals surface area contributed by atoms with Crippen molar-refractivity contribution in [3.8, 4) is 0 Å². The van der Waals surface area contributed by atoms with Crippen LogP contribution in [0, 0.1) is 6.92 Å². The van der Waals surface area contributed by atoms with E-state index in [4.69, 9.17) is 5.73 Å². The van der Waals surface area contributed by atoms with Crippen LogP contribution in [0.1, 0.15) is 30.4 Å². The van der Waals surface area contributed by atoms with Crippen LogP contribution in [0.2, 0.25) is 0 Å². The zero-order valence-corrected chi connectivity index (χ0v) is 9.33. The van der Waals surface area contributed by atoms with Gasteiger partial charge in [0.2, 0.25) is 0 Å².